The van der Waals surface area contributed by atoms with Gasteiger partial charge in [0.25, 0.3) is 0 Å². The molecule has 1 atom stereocenters. The van der Waals surface area contributed by atoms with Crippen LogP contribution in [-0.2, 0) is 22.2 Å². The Morgan fingerprint density at radius 2 is 1.97 bits per heavy atom. The predicted octanol–water partition coefficient (Wildman–Crippen LogP) is 4.84. The van der Waals surface area contributed by atoms with Crippen molar-refractivity contribution >= 4 is 22.7 Å². The van der Waals surface area contributed by atoms with Crippen molar-refractivity contribution < 1.29 is 27.5 Å². The summed E-state index contributed by atoms with van der Waals surface area (Å²) < 4.78 is 43.7. The van der Waals surface area contributed by atoms with Crippen molar-refractivity contribution in [1.29, 1.82) is 0 Å². The van der Waals surface area contributed by atoms with Gasteiger partial charge in [0.05, 0.1) is 23.2 Å². The maximum atomic E-state index is 13.0. The number of hydrogen-bond acceptors (Lipinski definition) is 5. The zero-order valence-corrected chi connectivity index (χ0v) is 20.1. The van der Waals surface area contributed by atoms with Crippen molar-refractivity contribution in [2.24, 2.45) is 0 Å². The third-order valence-corrected chi connectivity index (χ3v) is 6.32. The molecule has 3 heterocycles. The third kappa shape index (κ3) is 5.75. The summed E-state index contributed by atoms with van der Waals surface area (Å²) >= 11 is 0. The molecule has 0 N–H and O–H groups in total. The summed E-state index contributed by atoms with van der Waals surface area (Å²) in [6.07, 6.45) is -2.50. The number of amides is 2. The van der Waals surface area contributed by atoms with Crippen molar-refractivity contribution in [3.8, 4) is 11.6 Å². The molecule has 4 rings (SSSR count). The molecule has 3 aromatic rings. The number of rotatable bonds is 7. The number of nitrogens with zero attached hydrogens (tertiary/aromatic N) is 4. The summed E-state index contributed by atoms with van der Waals surface area (Å²) in [6, 6.07) is 10.6. The van der Waals surface area contributed by atoms with E-state index in [-0.39, 0.29) is 30.2 Å². The SMILES string of the molecule is CCN1CCC(N(CC)C(=O)Cc2ccc3cc(Oc4ccc(C(F)(F)F)cn4)ccc3n2)CC1=O. The molecule has 190 valence electrons. The Hall–Kier alpha value is -3.69. The Morgan fingerprint density at radius 3 is 2.61 bits per heavy atom. The Kier molecular flexibility index (Phi) is 7.42. The normalized spacial score (nSPS) is 16.3. The van der Waals surface area contributed by atoms with Gasteiger partial charge in [-0.15, -0.1) is 0 Å². The molecule has 1 saturated heterocycles. The van der Waals surface area contributed by atoms with E-state index in [4.69, 9.17) is 4.74 Å². The van der Waals surface area contributed by atoms with E-state index in [0.717, 1.165) is 24.1 Å². The second-order valence-corrected chi connectivity index (χ2v) is 8.62. The molecule has 1 unspecified atom stereocenters. The van der Waals surface area contributed by atoms with E-state index in [1.165, 1.54) is 6.07 Å². The highest BCUT2D eigenvalue weighted by Gasteiger charge is 2.31. The first-order chi connectivity index (χ1) is 17.2. The maximum Gasteiger partial charge on any atom is 0.417 e. The number of aromatic nitrogens is 2. The zero-order valence-electron chi connectivity index (χ0n) is 20.1. The summed E-state index contributed by atoms with van der Waals surface area (Å²) in [4.78, 5) is 37.2. The van der Waals surface area contributed by atoms with Crippen LogP contribution < -0.4 is 4.74 Å². The fourth-order valence-electron chi connectivity index (χ4n) is 4.39. The average Bonchev–Trinajstić information content (AvgIpc) is 2.84. The molecule has 0 radical (unpaired) electrons. The van der Waals surface area contributed by atoms with Gasteiger partial charge < -0.3 is 14.5 Å². The summed E-state index contributed by atoms with van der Waals surface area (Å²) in [5, 5.41) is 0.750. The van der Waals surface area contributed by atoms with Crippen LogP contribution in [0.4, 0.5) is 13.2 Å². The van der Waals surface area contributed by atoms with Gasteiger partial charge in [-0.2, -0.15) is 13.2 Å². The molecule has 1 aliphatic heterocycles. The highest BCUT2D eigenvalue weighted by Crippen LogP contribution is 2.30. The van der Waals surface area contributed by atoms with Gasteiger partial charge in [0, 0.05) is 49.7 Å². The molecule has 0 aliphatic carbocycles. The summed E-state index contributed by atoms with van der Waals surface area (Å²) in [7, 11) is 0. The lowest BCUT2D eigenvalue weighted by Crippen LogP contribution is -2.50. The molecule has 10 heteroatoms. The highest BCUT2D eigenvalue weighted by atomic mass is 19.4. The molecular weight excluding hydrogens is 473 g/mol. The lowest BCUT2D eigenvalue weighted by atomic mass is 10.0. The quantitative estimate of drug-likeness (QED) is 0.464. The predicted molar refractivity (Wildman–Crippen MR) is 127 cm³/mol. The first-order valence-corrected chi connectivity index (χ1v) is 11.9. The summed E-state index contributed by atoms with van der Waals surface area (Å²) in [5.41, 5.74) is 0.420. The number of ether oxygens (including phenoxy) is 1. The van der Waals surface area contributed by atoms with Gasteiger partial charge in [0.1, 0.15) is 5.75 Å². The first-order valence-electron chi connectivity index (χ1n) is 11.9. The minimum absolute atomic E-state index is 0.0421. The van der Waals surface area contributed by atoms with E-state index in [1.54, 1.807) is 29.2 Å². The van der Waals surface area contributed by atoms with E-state index in [0.29, 0.717) is 43.0 Å². The largest absolute Gasteiger partial charge is 0.439 e. The van der Waals surface area contributed by atoms with Gasteiger partial charge in [-0.05, 0) is 50.6 Å². The molecule has 2 amide bonds. The number of hydrogen-bond donors (Lipinski definition) is 0. The first kappa shape index (κ1) is 25.4. The Bertz CT molecular complexity index is 1250. The number of benzene rings is 1. The number of likely N-dealkylation sites (tertiary alicyclic amines) is 1. The van der Waals surface area contributed by atoms with Crippen LogP contribution in [0.15, 0.2) is 48.7 Å². The van der Waals surface area contributed by atoms with Gasteiger partial charge in [-0.25, -0.2) is 4.98 Å². The fraction of sp³-hybridized carbons (Fsp3) is 0.385. The number of carbonyl (C=O) groups excluding carboxylic acids is 2. The van der Waals surface area contributed by atoms with E-state index < -0.39 is 11.7 Å². The van der Waals surface area contributed by atoms with E-state index in [1.807, 2.05) is 24.8 Å². The van der Waals surface area contributed by atoms with Crippen molar-refractivity contribution in [3.63, 3.8) is 0 Å². The maximum absolute atomic E-state index is 13.0. The number of pyridine rings is 2. The molecule has 1 aliphatic rings. The van der Waals surface area contributed by atoms with Crippen LogP contribution in [0.3, 0.4) is 0 Å². The molecule has 7 nitrogen and oxygen atoms in total. The van der Waals surface area contributed by atoms with Crippen molar-refractivity contribution in [1.82, 2.24) is 19.8 Å². The number of fused-ring (bicyclic) bond motifs is 1. The molecule has 1 aromatic carbocycles. The van der Waals surface area contributed by atoms with Crippen LogP contribution in [0.2, 0.25) is 0 Å². The Morgan fingerprint density at radius 1 is 1.17 bits per heavy atom. The van der Waals surface area contributed by atoms with Crippen LogP contribution in [0.25, 0.3) is 10.9 Å². The molecular formula is C26H27F3N4O3. The molecule has 36 heavy (non-hydrogen) atoms. The second-order valence-electron chi connectivity index (χ2n) is 8.62. The summed E-state index contributed by atoms with van der Waals surface area (Å²) in [5.74, 6) is 0.454. The standard InChI is InChI=1S/C26H27F3N4O3/c1-3-32-12-11-20(15-24(32)34)33(4-2)25(35)14-19-7-5-17-13-21(8-9-22(17)31-19)36-23-10-6-18(16-30-23)26(27,28)29/h5-10,13,16,20H,3-4,11-12,14-15H2,1-2H3. The lowest BCUT2D eigenvalue weighted by molar-refractivity contribution is -0.140. The molecule has 0 spiro atoms. The van der Waals surface area contributed by atoms with Gasteiger partial charge >= 0.3 is 6.18 Å². The Labute approximate surface area is 206 Å². The van der Waals surface area contributed by atoms with Gasteiger partial charge in [-0.3, -0.25) is 14.6 Å². The van der Waals surface area contributed by atoms with Crippen molar-refractivity contribution in [3.05, 3.63) is 59.9 Å². The lowest BCUT2D eigenvalue weighted by Gasteiger charge is -2.37. The monoisotopic (exact) mass is 500 g/mol. The highest BCUT2D eigenvalue weighted by molar-refractivity contribution is 5.84. The minimum atomic E-state index is -4.46. The smallest absolute Gasteiger partial charge is 0.417 e. The van der Waals surface area contributed by atoms with Crippen LogP contribution >= 0.6 is 0 Å². The third-order valence-electron chi connectivity index (χ3n) is 6.32. The van der Waals surface area contributed by atoms with E-state index in [9.17, 15) is 22.8 Å². The van der Waals surface area contributed by atoms with Crippen LogP contribution in [0.5, 0.6) is 11.6 Å². The summed E-state index contributed by atoms with van der Waals surface area (Å²) in [6.45, 7) is 5.72. The van der Waals surface area contributed by atoms with Crippen LogP contribution in [0, 0.1) is 0 Å². The Balaban J connectivity index is 1.42. The molecule has 0 saturated carbocycles. The molecule has 1 fully saturated rings. The number of halogens is 3. The minimum Gasteiger partial charge on any atom is -0.439 e. The van der Waals surface area contributed by atoms with Crippen LogP contribution in [0.1, 0.15) is 37.9 Å². The second kappa shape index (κ2) is 10.5. The fourth-order valence-corrected chi connectivity index (χ4v) is 4.39. The van der Waals surface area contributed by atoms with Gasteiger partial charge in [-0.1, -0.05) is 6.07 Å². The number of piperidine rings is 1. The topological polar surface area (TPSA) is 75.6 Å². The number of carbonyl (C=O) groups is 2. The number of alkyl halides is 3. The number of likely N-dealkylation sites (N-methyl/N-ethyl adjacent to an activating group) is 1. The van der Waals surface area contributed by atoms with Gasteiger partial charge in [0.2, 0.25) is 17.7 Å². The molecule has 0 bridgehead atoms. The molecule has 2 aromatic heterocycles. The zero-order chi connectivity index (χ0) is 25.9. The van der Waals surface area contributed by atoms with E-state index in [2.05, 4.69) is 9.97 Å². The van der Waals surface area contributed by atoms with Gasteiger partial charge in [0.15, 0.2) is 0 Å². The van der Waals surface area contributed by atoms with Crippen molar-refractivity contribution in [2.75, 3.05) is 19.6 Å². The van der Waals surface area contributed by atoms with Crippen molar-refractivity contribution in [2.45, 2.75) is 45.3 Å². The average molecular weight is 501 g/mol. The van der Waals surface area contributed by atoms with E-state index >= 15 is 0 Å². The van der Waals surface area contributed by atoms with Crippen LogP contribution in [-0.4, -0.2) is 57.3 Å².